The van der Waals surface area contributed by atoms with Crippen molar-refractivity contribution in [1.82, 2.24) is 5.32 Å². The molecule has 1 rings (SSSR count). The topological polar surface area (TPSA) is 84.9 Å². The van der Waals surface area contributed by atoms with E-state index in [4.69, 9.17) is 9.84 Å². The molecule has 0 spiro atoms. The van der Waals surface area contributed by atoms with Crippen molar-refractivity contribution in [3.05, 3.63) is 28.8 Å². The maximum absolute atomic E-state index is 11.7. The van der Waals surface area contributed by atoms with Crippen molar-refractivity contribution in [2.24, 2.45) is 0 Å². The molecule has 1 aromatic rings. The highest BCUT2D eigenvalue weighted by atomic mass is 16.5. The van der Waals surface area contributed by atoms with Gasteiger partial charge in [0, 0.05) is 0 Å². The van der Waals surface area contributed by atoms with Crippen LogP contribution in [-0.4, -0.2) is 43.3 Å². The number of ether oxygens (including phenoxy) is 2. The molecule has 1 unspecified atom stereocenters. The Hall–Kier alpha value is -2.08. The lowest BCUT2D eigenvalue weighted by Crippen LogP contribution is -2.45. The summed E-state index contributed by atoms with van der Waals surface area (Å²) in [6.45, 7) is 5.02. The summed E-state index contributed by atoms with van der Waals surface area (Å²) in [5, 5.41) is 11.4. The second-order valence-corrected chi connectivity index (χ2v) is 4.84. The van der Waals surface area contributed by atoms with E-state index >= 15 is 0 Å². The molecule has 1 aromatic carbocycles. The molecule has 0 bridgehead atoms. The van der Waals surface area contributed by atoms with Gasteiger partial charge >= 0.3 is 5.97 Å². The van der Waals surface area contributed by atoms with Gasteiger partial charge in [0.1, 0.15) is 5.75 Å². The van der Waals surface area contributed by atoms with E-state index in [1.165, 1.54) is 7.11 Å². The Kier molecular flexibility index (Phi) is 6.17. The number of aryl methyl sites for hydroxylation is 3. The van der Waals surface area contributed by atoms with Crippen LogP contribution in [0.1, 0.15) is 16.7 Å². The molecule has 1 amide bonds. The number of hydrogen-bond donors (Lipinski definition) is 2. The molecule has 0 heterocycles. The number of amides is 1. The van der Waals surface area contributed by atoms with Crippen molar-refractivity contribution in [3.63, 3.8) is 0 Å². The highest BCUT2D eigenvalue weighted by molar-refractivity contribution is 5.85. The van der Waals surface area contributed by atoms with Crippen molar-refractivity contribution in [1.29, 1.82) is 0 Å². The van der Waals surface area contributed by atoms with Crippen molar-refractivity contribution in [3.8, 4) is 5.75 Å². The SMILES string of the molecule is COC(=O)C(CO)NC(=O)COc1c(C)cc(C)cc1C. The van der Waals surface area contributed by atoms with Crippen molar-refractivity contribution >= 4 is 11.9 Å². The van der Waals surface area contributed by atoms with E-state index in [0.717, 1.165) is 16.7 Å². The Labute approximate surface area is 124 Å². The van der Waals surface area contributed by atoms with Gasteiger partial charge in [0.15, 0.2) is 12.6 Å². The maximum Gasteiger partial charge on any atom is 0.330 e. The molecule has 21 heavy (non-hydrogen) atoms. The lowest BCUT2D eigenvalue weighted by atomic mass is 10.1. The van der Waals surface area contributed by atoms with Gasteiger partial charge in [0.25, 0.3) is 5.91 Å². The van der Waals surface area contributed by atoms with E-state index in [1.54, 1.807) is 0 Å². The molecule has 0 fully saturated rings. The number of hydrogen-bond acceptors (Lipinski definition) is 5. The fraction of sp³-hybridized carbons (Fsp3) is 0.467. The third kappa shape index (κ3) is 4.75. The quantitative estimate of drug-likeness (QED) is 0.752. The van der Waals surface area contributed by atoms with Crippen LogP contribution in [0.2, 0.25) is 0 Å². The molecular formula is C15H21NO5. The fourth-order valence-electron chi connectivity index (χ4n) is 2.09. The summed E-state index contributed by atoms with van der Waals surface area (Å²) >= 11 is 0. The number of nitrogens with one attached hydrogen (secondary N) is 1. The number of aliphatic hydroxyl groups excluding tert-OH is 1. The highest BCUT2D eigenvalue weighted by Gasteiger charge is 2.20. The van der Waals surface area contributed by atoms with Gasteiger partial charge in [-0.15, -0.1) is 0 Å². The first-order valence-corrected chi connectivity index (χ1v) is 6.57. The molecule has 116 valence electrons. The molecule has 0 saturated heterocycles. The Morgan fingerprint density at radius 2 is 1.81 bits per heavy atom. The summed E-state index contributed by atoms with van der Waals surface area (Å²) in [4.78, 5) is 23.0. The van der Waals surface area contributed by atoms with Crippen LogP contribution in [0.5, 0.6) is 5.75 Å². The van der Waals surface area contributed by atoms with Crippen LogP contribution in [-0.2, 0) is 14.3 Å². The van der Waals surface area contributed by atoms with Crippen molar-refractivity contribution < 1.29 is 24.2 Å². The van der Waals surface area contributed by atoms with Gasteiger partial charge in [-0.2, -0.15) is 0 Å². The minimum Gasteiger partial charge on any atom is -0.483 e. The summed E-state index contributed by atoms with van der Waals surface area (Å²) in [6.07, 6.45) is 0. The summed E-state index contributed by atoms with van der Waals surface area (Å²) in [7, 11) is 1.19. The van der Waals surface area contributed by atoms with E-state index in [-0.39, 0.29) is 6.61 Å². The predicted molar refractivity (Wildman–Crippen MR) is 77.2 cm³/mol. The van der Waals surface area contributed by atoms with Gasteiger partial charge in [0.2, 0.25) is 0 Å². The third-order valence-corrected chi connectivity index (χ3v) is 2.96. The first-order valence-electron chi connectivity index (χ1n) is 6.57. The van der Waals surface area contributed by atoms with Crippen LogP contribution in [0.25, 0.3) is 0 Å². The van der Waals surface area contributed by atoms with Crippen LogP contribution in [0.4, 0.5) is 0 Å². The molecule has 0 saturated carbocycles. The van der Waals surface area contributed by atoms with Gasteiger partial charge in [-0.3, -0.25) is 4.79 Å². The lowest BCUT2D eigenvalue weighted by Gasteiger charge is -2.16. The van der Waals surface area contributed by atoms with E-state index in [9.17, 15) is 9.59 Å². The zero-order valence-electron chi connectivity index (χ0n) is 12.7. The summed E-state index contributed by atoms with van der Waals surface area (Å²) in [6, 6.07) is 2.85. The summed E-state index contributed by atoms with van der Waals surface area (Å²) in [5.74, 6) is -0.554. The standard InChI is InChI=1S/C15H21NO5/c1-9-5-10(2)14(11(3)6-9)21-8-13(18)16-12(7-17)15(19)20-4/h5-6,12,17H,7-8H2,1-4H3,(H,16,18). The zero-order chi connectivity index (χ0) is 16.0. The first kappa shape index (κ1) is 17.0. The molecule has 0 aliphatic carbocycles. The van der Waals surface area contributed by atoms with Crippen LogP contribution in [0.15, 0.2) is 12.1 Å². The largest absolute Gasteiger partial charge is 0.483 e. The van der Waals surface area contributed by atoms with Gasteiger partial charge in [-0.05, 0) is 31.9 Å². The minimum atomic E-state index is -1.08. The molecule has 6 nitrogen and oxygen atoms in total. The fourth-order valence-corrected chi connectivity index (χ4v) is 2.09. The third-order valence-electron chi connectivity index (χ3n) is 2.96. The number of benzene rings is 1. The Morgan fingerprint density at radius 3 is 2.29 bits per heavy atom. The lowest BCUT2D eigenvalue weighted by molar-refractivity contribution is -0.146. The average Bonchev–Trinajstić information content (AvgIpc) is 2.42. The molecule has 0 aliphatic heterocycles. The van der Waals surface area contributed by atoms with E-state index in [1.807, 2.05) is 32.9 Å². The Bertz CT molecular complexity index is 504. The van der Waals surface area contributed by atoms with Gasteiger partial charge in [-0.25, -0.2) is 4.79 Å². The number of carbonyl (C=O) groups is 2. The number of aliphatic hydroxyl groups is 1. The molecule has 0 radical (unpaired) electrons. The van der Waals surface area contributed by atoms with Gasteiger partial charge in [0.05, 0.1) is 13.7 Å². The van der Waals surface area contributed by atoms with Gasteiger partial charge < -0.3 is 19.9 Å². The van der Waals surface area contributed by atoms with Crippen LogP contribution in [0.3, 0.4) is 0 Å². The Balaban J connectivity index is 2.63. The van der Waals surface area contributed by atoms with E-state index in [0.29, 0.717) is 5.75 Å². The second-order valence-electron chi connectivity index (χ2n) is 4.84. The van der Waals surface area contributed by atoms with Crippen molar-refractivity contribution in [2.75, 3.05) is 20.3 Å². The Morgan fingerprint density at radius 1 is 1.24 bits per heavy atom. The summed E-state index contributed by atoms with van der Waals surface area (Å²) in [5.41, 5.74) is 2.99. The zero-order valence-corrected chi connectivity index (χ0v) is 12.7. The minimum absolute atomic E-state index is 0.238. The monoisotopic (exact) mass is 295 g/mol. The van der Waals surface area contributed by atoms with Gasteiger partial charge in [-0.1, -0.05) is 17.7 Å². The molecular weight excluding hydrogens is 274 g/mol. The molecule has 0 aliphatic rings. The molecule has 0 aromatic heterocycles. The average molecular weight is 295 g/mol. The second kappa shape index (κ2) is 7.64. The number of methoxy groups -OCH3 is 1. The highest BCUT2D eigenvalue weighted by Crippen LogP contribution is 2.24. The van der Waals surface area contributed by atoms with Crippen LogP contribution in [0, 0.1) is 20.8 Å². The van der Waals surface area contributed by atoms with Crippen LogP contribution < -0.4 is 10.1 Å². The van der Waals surface area contributed by atoms with Crippen LogP contribution >= 0.6 is 0 Å². The smallest absolute Gasteiger partial charge is 0.330 e. The van der Waals surface area contributed by atoms with E-state index < -0.39 is 24.5 Å². The maximum atomic E-state index is 11.7. The molecule has 2 N–H and O–H groups in total. The molecule has 1 atom stereocenters. The number of rotatable bonds is 6. The number of esters is 1. The van der Waals surface area contributed by atoms with Crippen molar-refractivity contribution in [2.45, 2.75) is 26.8 Å². The van der Waals surface area contributed by atoms with E-state index in [2.05, 4.69) is 10.1 Å². The predicted octanol–water partition coefficient (Wildman–Crippen LogP) is 0.641. The normalized spacial score (nSPS) is 11.7. The first-order chi connectivity index (χ1) is 9.88. The summed E-state index contributed by atoms with van der Waals surface area (Å²) < 4.78 is 9.96. The number of carbonyl (C=O) groups excluding carboxylic acids is 2. The molecule has 6 heteroatoms.